The van der Waals surface area contributed by atoms with Crippen LogP contribution in [-0.2, 0) is 11.2 Å². The normalized spacial score (nSPS) is 15.2. The standard InChI is InChI=1S/C8H7BrN2O/c1-11-6-2-3-7(9)10-5(6)4-8(11)12/h2-3H,4H2,1H3. The summed E-state index contributed by atoms with van der Waals surface area (Å²) in [5.74, 6) is 0.107. The van der Waals surface area contributed by atoms with Gasteiger partial charge in [-0.2, -0.15) is 0 Å². The highest BCUT2D eigenvalue weighted by molar-refractivity contribution is 9.10. The van der Waals surface area contributed by atoms with E-state index in [-0.39, 0.29) is 5.91 Å². The predicted octanol–water partition coefficient (Wildman–Crippen LogP) is 1.36. The quantitative estimate of drug-likeness (QED) is 0.627. The van der Waals surface area contributed by atoms with Gasteiger partial charge in [0.15, 0.2) is 0 Å². The summed E-state index contributed by atoms with van der Waals surface area (Å²) in [5, 5.41) is 0. The molecule has 0 saturated carbocycles. The zero-order valence-electron chi connectivity index (χ0n) is 6.54. The zero-order valence-corrected chi connectivity index (χ0v) is 8.13. The van der Waals surface area contributed by atoms with Crippen LogP contribution in [0.1, 0.15) is 5.69 Å². The number of likely N-dealkylation sites (N-methyl/N-ethyl adjacent to an activating group) is 1. The van der Waals surface area contributed by atoms with E-state index < -0.39 is 0 Å². The number of hydrogen-bond acceptors (Lipinski definition) is 2. The van der Waals surface area contributed by atoms with Gasteiger partial charge in [-0.15, -0.1) is 0 Å². The molecule has 0 atom stereocenters. The van der Waals surface area contributed by atoms with Gasteiger partial charge in [0, 0.05) is 7.05 Å². The molecule has 0 aromatic carbocycles. The van der Waals surface area contributed by atoms with Gasteiger partial charge in [0.1, 0.15) is 4.60 Å². The van der Waals surface area contributed by atoms with E-state index in [0.29, 0.717) is 6.42 Å². The predicted molar refractivity (Wildman–Crippen MR) is 49.1 cm³/mol. The van der Waals surface area contributed by atoms with Gasteiger partial charge in [0.05, 0.1) is 17.8 Å². The van der Waals surface area contributed by atoms with E-state index in [2.05, 4.69) is 20.9 Å². The van der Waals surface area contributed by atoms with Crippen LogP contribution in [0.25, 0.3) is 0 Å². The van der Waals surface area contributed by atoms with Gasteiger partial charge in [-0.25, -0.2) is 4.98 Å². The summed E-state index contributed by atoms with van der Waals surface area (Å²) in [6.07, 6.45) is 0.422. The highest BCUT2D eigenvalue weighted by Gasteiger charge is 2.24. The molecule has 4 heteroatoms. The van der Waals surface area contributed by atoms with E-state index in [1.54, 1.807) is 11.9 Å². The summed E-state index contributed by atoms with van der Waals surface area (Å²) in [7, 11) is 1.77. The van der Waals surface area contributed by atoms with Crippen molar-refractivity contribution in [3.05, 3.63) is 22.4 Å². The minimum Gasteiger partial charge on any atom is -0.313 e. The Hall–Kier alpha value is -0.900. The fourth-order valence-electron chi connectivity index (χ4n) is 1.30. The molecule has 0 N–H and O–H groups in total. The third-order valence-electron chi connectivity index (χ3n) is 1.97. The number of halogens is 1. The monoisotopic (exact) mass is 226 g/mol. The van der Waals surface area contributed by atoms with Crippen LogP contribution in [0.2, 0.25) is 0 Å². The molecule has 2 heterocycles. The largest absolute Gasteiger partial charge is 0.313 e. The Labute approximate surface area is 78.5 Å². The van der Waals surface area contributed by atoms with Gasteiger partial charge in [0.2, 0.25) is 5.91 Å². The number of hydrogen-bond donors (Lipinski definition) is 0. The second-order valence-electron chi connectivity index (χ2n) is 2.73. The summed E-state index contributed by atoms with van der Waals surface area (Å²) in [5.41, 5.74) is 1.78. The SMILES string of the molecule is CN1C(=O)Cc2nc(Br)ccc21. The van der Waals surface area contributed by atoms with Gasteiger partial charge in [-0.1, -0.05) is 0 Å². The molecule has 0 spiro atoms. The Morgan fingerprint density at radius 3 is 3.08 bits per heavy atom. The van der Waals surface area contributed by atoms with E-state index in [9.17, 15) is 4.79 Å². The number of anilines is 1. The molecular formula is C8H7BrN2O. The molecule has 0 bridgehead atoms. The average molecular weight is 227 g/mol. The highest BCUT2D eigenvalue weighted by Crippen LogP contribution is 2.26. The zero-order chi connectivity index (χ0) is 8.72. The second kappa shape index (κ2) is 2.55. The molecule has 12 heavy (non-hydrogen) atoms. The summed E-state index contributed by atoms with van der Waals surface area (Å²) in [6, 6.07) is 3.74. The number of carbonyl (C=O) groups excluding carboxylic acids is 1. The minimum atomic E-state index is 0.107. The molecule has 0 saturated heterocycles. The van der Waals surface area contributed by atoms with Crippen molar-refractivity contribution in [2.24, 2.45) is 0 Å². The number of carbonyl (C=O) groups is 1. The molecule has 0 radical (unpaired) electrons. The molecule has 0 fully saturated rings. The third kappa shape index (κ3) is 1.03. The second-order valence-corrected chi connectivity index (χ2v) is 3.54. The fraction of sp³-hybridized carbons (Fsp3) is 0.250. The van der Waals surface area contributed by atoms with Crippen molar-refractivity contribution in [2.45, 2.75) is 6.42 Å². The highest BCUT2D eigenvalue weighted by atomic mass is 79.9. The molecule has 1 aliphatic rings. The Kier molecular flexibility index (Phi) is 1.65. The van der Waals surface area contributed by atoms with Crippen molar-refractivity contribution in [1.82, 2.24) is 4.98 Å². The van der Waals surface area contributed by atoms with Crippen molar-refractivity contribution >= 4 is 27.5 Å². The average Bonchev–Trinajstić information content (AvgIpc) is 2.28. The first-order valence-electron chi connectivity index (χ1n) is 3.60. The van der Waals surface area contributed by atoms with Crippen molar-refractivity contribution in [3.8, 4) is 0 Å². The molecule has 3 nitrogen and oxygen atoms in total. The van der Waals surface area contributed by atoms with Crippen LogP contribution in [0, 0.1) is 0 Å². The van der Waals surface area contributed by atoms with Crippen LogP contribution in [-0.4, -0.2) is 17.9 Å². The Balaban J connectivity index is 2.54. The summed E-state index contributed by atoms with van der Waals surface area (Å²) in [6.45, 7) is 0. The van der Waals surface area contributed by atoms with E-state index in [1.807, 2.05) is 12.1 Å². The molecule has 1 aromatic rings. The first kappa shape index (κ1) is 7.73. The Morgan fingerprint density at radius 1 is 1.58 bits per heavy atom. The first-order valence-corrected chi connectivity index (χ1v) is 4.40. The summed E-state index contributed by atoms with van der Waals surface area (Å²) in [4.78, 5) is 17.1. The first-order chi connectivity index (χ1) is 5.68. The number of aromatic nitrogens is 1. The molecule has 0 unspecified atom stereocenters. The van der Waals surface area contributed by atoms with Crippen LogP contribution in [0.3, 0.4) is 0 Å². The van der Waals surface area contributed by atoms with Crippen LogP contribution in [0.5, 0.6) is 0 Å². The van der Waals surface area contributed by atoms with Gasteiger partial charge in [0.25, 0.3) is 0 Å². The Morgan fingerprint density at radius 2 is 2.33 bits per heavy atom. The van der Waals surface area contributed by atoms with E-state index in [1.165, 1.54) is 0 Å². The molecule has 1 aliphatic heterocycles. The number of rotatable bonds is 0. The maximum atomic E-state index is 11.2. The minimum absolute atomic E-state index is 0.107. The van der Waals surface area contributed by atoms with Crippen LogP contribution in [0.4, 0.5) is 5.69 Å². The third-order valence-corrected chi connectivity index (χ3v) is 2.41. The number of nitrogens with zero attached hydrogens (tertiary/aromatic N) is 2. The van der Waals surface area contributed by atoms with Gasteiger partial charge in [-0.3, -0.25) is 4.79 Å². The summed E-state index contributed by atoms with van der Waals surface area (Å²) >= 11 is 3.26. The lowest BCUT2D eigenvalue weighted by molar-refractivity contribution is -0.117. The lowest BCUT2D eigenvalue weighted by Crippen LogP contribution is -2.20. The topological polar surface area (TPSA) is 33.2 Å². The van der Waals surface area contributed by atoms with Crippen LogP contribution >= 0.6 is 15.9 Å². The van der Waals surface area contributed by atoms with E-state index in [0.717, 1.165) is 16.0 Å². The van der Waals surface area contributed by atoms with E-state index >= 15 is 0 Å². The molecule has 1 aromatic heterocycles. The number of amides is 1. The van der Waals surface area contributed by atoms with Gasteiger partial charge < -0.3 is 4.90 Å². The summed E-state index contributed by atoms with van der Waals surface area (Å²) < 4.78 is 0.782. The maximum absolute atomic E-state index is 11.2. The molecule has 0 aliphatic carbocycles. The molecule has 2 rings (SSSR count). The maximum Gasteiger partial charge on any atom is 0.232 e. The molecule has 62 valence electrons. The van der Waals surface area contributed by atoms with Crippen LogP contribution < -0.4 is 4.90 Å². The van der Waals surface area contributed by atoms with Crippen LogP contribution in [0.15, 0.2) is 16.7 Å². The van der Waals surface area contributed by atoms with Crippen molar-refractivity contribution in [1.29, 1.82) is 0 Å². The molecular weight excluding hydrogens is 220 g/mol. The smallest absolute Gasteiger partial charge is 0.232 e. The van der Waals surface area contributed by atoms with Gasteiger partial charge in [-0.05, 0) is 28.1 Å². The van der Waals surface area contributed by atoms with Crippen molar-refractivity contribution in [3.63, 3.8) is 0 Å². The van der Waals surface area contributed by atoms with Gasteiger partial charge >= 0.3 is 0 Å². The lowest BCUT2D eigenvalue weighted by Gasteiger charge is -2.08. The lowest BCUT2D eigenvalue weighted by atomic mass is 10.3. The molecule has 1 amide bonds. The van der Waals surface area contributed by atoms with Crippen molar-refractivity contribution < 1.29 is 4.79 Å². The Bertz CT molecular complexity index is 351. The fourth-order valence-corrected chi connectivity index (χ4v) is 1.65. The van der Waals surface area contributed by atoms with Crippen molar-refractivity contribution in [2.75, 3.05) is 11.9 Å². The number of fused-ring (bicyclic) bond motifs is 1. The van der Waals surface area contributed by atoms with E-state index in [4.69, 9.17) is 0 Å². The number of pyridine rings is 1.